The minimum atomic E-state index is -1.08. The Bertz CT molecular complexity index is 680. The molecule has 1 rings (SSSR count). The lowest BCUT2D eigenvalue weighted by atomic mass is 10.0. The zero-order chi connectivity index (χ0) is 19.5. The highest BCUT2D eigenvalue weighted by atomic mass is 16.5. The van der Waals surface area contributed by atoms with Crippen molar-refractivity contribution in [3.63, 3.8) is 0 Å². The Kier molecular flexibility index (Phi) is 8.76. The number of rotatable bonds is 12. The van der Waals surface area contributed by atoms with Crippen LogP contribution >= 0.6 is 0 Å². The average molecular weight is 365 g/mol. The summed E-state index contributed by atoms with van der Waals surface area (Å²) < 4.78 is 5.09. The summed E-state index contributed by atoms with van der Waals surface area (Å²) >= 11 is 0. The van der Waals surface area contributed by atoms with Gasteiger partial charge in [0.1, 0.15) is 11.5 Å². The van der Waals surface area contributed by atoms with E-state index in [9.17, 15) is 19.2 Å². The third-order valence-corrected chi connectivity index (χ3v) is 3.50. The number of nitrogens with one attached hydrogen (secondary N) is 1. The van der Waals surface area contributed by atoms with Crippen LogP contribution in [0.2, 0.25) is 0 Å². The van der Waals surface area contributed by atoms with Crippen molar-refractivity contribution in [3.05, 3.63) is 23.6 Å². The molecule has 1 heterocycles. The van der Waals surface area contributed by atoms with Gasteiger partial charge in [0.05, 0.1) is 6.04 Å². The molecule has 1 aromatic rings. The maximum atomic E-state index is 12.1. The van der Waals surface area contributed by atoms with Gasteiger partial charge in [-0.2, -0.15) is 0 Å². The molecule has 0 radical (unpaired) electrons. The Hall–Kier alpha value is -2.97. The fourth-order valence-electron chi connectivity index (χ4n) is 2.20. The van der Waals surface area contributed by atoms with Crippen LogP contribution in [0.25, 0.3) is 6.08 Å². The lowest BCUT2D eigenvalue weighted by Crippen LogP contribution is -2.41. The van der Waals surface area contributed by atoms with Gasteiger partial charge in [0.25, 0.3) is 0 Å². The van der Waals surface area contributed by atoms with E-state index in [0.29, 0.717) is 11.5 Å². The fraction of sp³-hybridized carbons (Fsp3) is 0.471. The first-order valence-corrected chi connectivity index (χ1v) is 8.22. The van der Waals surface area contributed by atoms with Crippen molar-refractivity contribution in [2.75, 3.05) is 0 Å². The third-order valence-electron chi connectivity index (χ3n) is 3.50. The minimum absolute atomic E-state index is 0.0492. The number of aromatic nitrogens is 1. The summed E-state index contributed by atoms with van der Waals surface area (Å²) in [5, 5.41) is 15.1. The van der Waals surface area contributed by atoms with Crippen LogP contribution in [0.4, 0.5) is 0 Å². The first-order chi connectivity index (χ1) is 12.3. The summed E-state index contributed by atoms with van der Waals surface area (Å²) in [4.78, 5) is 45.7. The largest absolute Gasteiger partial charge is 0.481 e. The first-order valence-electron chi connectivity index (χ1n) is 8.22. The molecule has 0 fully saturated rings. The van der Waals surface area contributed by atoms with Gasteiger partial charge < -0.3 is 20.7 Å². The number of carboxylic acids is 1. The summed E-state index contributed by atoms with van der Waals surface area (Å²) in [7, 11) is 0. The van der Waals surface area contributed by atoms with E-state index >= 15 is 0 Å². The number of ketones is 1. The summed E-state index contributed by atoms with van der Waals surface area (Å²) in [6.07, 6.45) is 3.29. The van der Waals surface area contributed by atoms with Gasteiger partial charge in [-0.3, -0.25) is 19.2 Å². The van der Waals surface area contributed by atoms with E-state index in [1.54, 1.807) is 18.2 Å². The zero-order valence-corrected chi connectivity index (χ0v) is 14.6. The second-order valence-corrected chi connectivity index (χ2v) is 5.70. The molecule has 2 amide bonds. The van der Waals surface area contributed by atoms with Crippen molar-refractivity contribution >= 4 is 29.6 Å². The Morgan fingerprint density at radius 3 is 2.62 bits per heavy atom. The molecule has 26 heavy (non-hydrogen) atoms. The van der Waals surface area contributed by atoms with Gasteiger partial charge in [-0.15, -0.1) is 0 Å². The normalized spacial score (nSPS) is 12.0. The van der Waals surface area contributed by atoms with Crippen molar-refractivity contribution in [1.29, 1.82) is 0 Å². The highest BCUT2D eigenvalue weighted by Crippen LogP contribution is 2.09. The molecule has 0 aliphatic carbocycles. The molecule has 0 saturated heterocycles. The van der Waals surface area contributed by atoms with Crippen molar-refractivity contribution in [2.24, 2.45) is 5.73 Å². The molecule has 0 unspecified atom stereocenters. The molecule has 9 heteroatoms. The van der Waals surface area contributed by atoms with E-state index in [0.717, 1.165) is 0 Å². The first kappa shape index (κ1) is 21.1. The van der Waals surface area contributed by atoms with E-state index < -0.39 is 29.6 Å². The van der Waals surface area contributed by atoms with E-state index in [2.05, 4.69) is 10.5 Å². The zero-order valence-electron chi connectivity index (χ0n) is 14.6. The number of nitrogens with zero attached hydrogens (tertiary/aromatic N) is 1. The van der Waals surface area contributed by atoms with E-state index in [-0.39, 0.29) is 38.5 Å². The number of hydrogen-bond donors (Lipinski definition) is 3. The Morgan fingerprint density at radius 1 is 1.27 bits per heavy atom. The van der Waals surface area contributed by atoms with E-state index in [1.807, 2.05) is 6.92 Å². The number of carbonyl (C=O) groups is 4. The van der Waals surface area contributed by atoms with Crippen molar-refractivity contribution in [1.82, 2.24) is 10.5 Å². The molecule has 0 aromatic carbocycles. The van der Waals surface area contributed by atoms with Gasteiger partial charge in [-0.25, -0.2) is 0 Å². The van der Waals surface area contributed by atoms with Gasteiger partial charge >= 0.3 is 5.97 Å². The third kappa shape index (κ3) is 8.22. The fourth-order valence-corrected chi connectivity index (χ4v) is 2.20. The Morgan fingerprint density at radius 2 is 2.00 bits per heavy atom. The molecular weight excluding hydrogens is 342 g/mol. The smallest absolute Gasteiger partial charge is 0.303 e. The van der Waals surface area contributed by atoms with Crippen molar-refractivity contribution in [2.45, 2.75) is 51.5 Å². The molecule has 0 saturated carbocycles. The van der Waals surface area contributed by atoms with Gasteiger partial charge in [0.2, 0.25) is 11.8 Å². The van der Waals surface area contributed by atoms with Crippen LogP contribution in [0.1, 0.15) is 50.5 Å². The quantitative estimate of drug-likeness (QED) is 0.496. The Labute approximate surface area is 150 Å². The topological polar surface area (TPSA) is 153 Å². The van der Waals surface area contributed by atoms with Gasteiger partial charge in [0, 0.05) is 38.2 Å². The van der Waals surface area contributed by atoms with Crippen molar-refractivity contribution < 1.29 is 28.8 Å². The number of nitrogens with two attached hydrogens (primary N) is 1. The number of allylic oxidation sites excluding steroid dienone is 1. The number of carboxylic acid groups (broad SMARTS) is 1. The number of amides is 2. The standard InChI is InChI=1S/C17H23N3O6/c1-2-3-11-10-12(26-20-11)4-8-16(23)19-13(5-9-17(24)25)14(21)6-7-15(18)22/h2-3,10,13H,4-9H2,1H3,(H2,18,22)(H,19,23)(H,24,25)/b3-2+/t13-/m0/s1. The molecule has 0 aliphatic heterocycles. The van der Waals surface area contributed by atoms with E-state index in [4.69, 9.17) is 15.4 Å². The second-order valence-electron chi connectivity index (χ2n) is 5.70. The lowest BCUT2D eigenvalue weighted by Gasteiger charge is -2.16. The Balaban J connectivity index is 2.57. The summed E-state index contributed by atoms with van der Waals surface area (Å²) in [5.74, 6) is -2.03. The number of hydrogen-bond acceptors (Lipinski definition) is 6. The highest BCUT2D eigenvalue weighted by Gasteiger charge is 2.22. The number of Topliss-reactive ketones (excluding diaryl/α,β-unsaturated/α-hetero) is 1. The van der Waals surface area contributed by atoms with Crippen LogP contribution in [0.5, 0.6) is 0 Å². The van der Waals surface area contributed by atoms with Gasteiger partial charge in [-0.05, 0) is 19.4 Å². The average Bonchev–Trinajstić information content (AvgIpc) is 3.02. The maximum Gasteiger partial charge on any atom is 0.303 e. The van der Waals surface area contributed by atoms with Crippen LogP contribution in [0.15, 0.2) is 16.7 Å². The van der Waals surface area contributed by atoms with Crippen LogP contribution in [-0.2, 0) is 25.6 Å². The van der Waals surface area contributed by atoms with E-state index in [1.165, 1.54) is 0 Å². The van der Waals surface area contributed by atoms with Crippen LogP contribution < -0.4 is 11.1 Å². The van der Waals surface area contributed by atoms with Crippen LogP contribution in [0, 0.1) is 0 Å². The van der Waals surface area contributed by atoms with Crippen LogP contribution in [-0.4, -0.2) is 39.9 Å². The number of carbonyl (C=O) groups excluding carboxylic acids is 3. The minimum Gasteiger partial charge on any atom is -0.481 e. The van der Waals surface area contributed by atoms with Gasteiger partial charge in [-0.1, -0.05) is 11.2 Å². The van der Waals surface area contributed by atoms with Crippen LogP contribution in [0.3, 0.4) is 0 Å². The molecule has 0 bridgehead atoms. The summed E-state index contributed by atoms with van der Waals surface area (Å²) in [5.41, 5.74) is 5.65. The number of primary amides is 1. The molecule has 1 atom stereocenters. The summed E-state index contributed by atoms with van der Waals surface area (Å²) in [6.45, 7) is 1.84. The molecule has 4 N–H and O–H groups in total. The summed E-state index contributed by atoms with van der Waals surface area (Å²) in [6, 6.07) is 0.735. The molecule has 1 aromatic heterocycles. The SMILES string of the molecule is C/C=C/c1cc(CCC(=O)N[C@@H](CCC(=O)O)C(=O)CCC(N)=O)on1. The molecule has 142 valence electrons. The predicted molar refractivity (Wildman–Crippen MR) is 91.8 cm³/mol. The van der Waals surface area contributed by atoms with Crippen molar-refractivity contribution in [3.8, 4) is 0 Å². The molecular formula is C17H23N3O6. The predicted octanol–water partition coefficient (Wildman–Crippen LogP) is 0.825. The number of aliphatic carboxylic acids is 1. The number of aryl methyl sites for hydroxylation is 1. The molecule has 9 nitrogen and oxygen atoms in total. The van der Waals surface area contributed by atoms with Gasteiger partial charge in [0.15, 0.2) is 5.78 Å². The maximum absolute atomic E-state index is 12.1. The monoisotopic (exact) mass is 365 g/mol. The highest BCUT2D eigenvalue weighted by molar-refractivity contribution is 5.91. The molecule has 0 aliphatic rings. The second kappa shape index (κ2) is 10.8. The molecule has 0 spiro atoms. The lowest BCUT2D eigenvalue weighted by molar-refractivity contribution is -0.138.